The second-order valence-electron chi connectivity index (χ2n) is 7.35. The normalized spacial score (nSPS) is 17.1. The van der Waals surface area contributed by atoms with Gasteiger partial charge in [0.15, 0.2) is 11.5 Å². The Labute approximate surface area is 172 Å². The first-order valence-electron chi connectivity index (χ1n) is 9.91. The van der Waals surface area contributed by atoms with Crippen LogP contribution < -0.4 is 15.4 Å². The van der Waals surface area contributed by atoms with E-state index < -0.39 is 0 Å². The quantitative estimate of drug-likeness (QED) is 0.531. The number of rotatable bonds is 4. The fraction of sp³-hybridized carbons (Fsp3) is 0.350. The van der Waals surface area contributed by atoms with E-state index in [0.717, 1.165) is 30.2 Å². The smallest absolute Gasteiger partial charge is 0.242 e. The van der Waals surface area contributed by atoms with E-state index in [9.17, 15) is 4.79 Å². The van der Waals surface area contributed by atoms with E-state index in [-0.39, 0.29) is 11.9 Å². The Morgan fingerprint density at radius 1 is 1.27 bits per heavy atom. The summed E-state index contributed by atoms with van der Waals surface area (Å²) in [5.41, 5.74) is 2.10. The Morgan fingerprint density at radius 3 is 2.97 bits per heavy atom. The average Bonchev–Trinajstić information content (AvgIpc) is 3.33. The highest BCUT2D eigenvalue weighted by molar-refractivity contribution is 5.96. The maximum Gasteiger partial charge on any atom is 0.242 e. The number of benzene rings is 1. The molecule has 4 heterocycles. The average molecular weight is 406 g/mol. The summed E-state index contributed by atoms with van der Waals surface area (Å²) in [5.74, 6) is 1.59. The van der Waals surface area contributed by atoms with Gasteiger partial charge >= 0.3 is 0 Å². The monoisotopic (exact) mass is 406 g/mol. The standard InChI is InChI=1S/C20H22N8O2/c1-27-11-12(10-22-27)17-25-18-13-6-5-8-15(30-2)16(13)24-20(28(18)26-17)23-14-7-3-4-9-21-19(14)29/h5-6,8,10-11,14H,3-4,7,9H2,1-2H3,(H,21,29)(H,23,24)/t14-/m1/s1. The molecule has 1 aliphatic rings. The number of methoxy groups -OCH3 is 1. The number of nitrogens with one attached hydrogen (secondary N) is 2. The summed E-state index contributed by atoms with van der Waals surface area (Å²) in [6, 6.07) is 5.30. The summed E-state index contributed by atoms with van der Waals surface area (Å²) >= 11 is 0. The van der Waals surface area contributed by atoms with Gasteiger partial charge < -0.3 is 15.4 Å². The number of aryl methyl sites for hydroxylation is 1. The number of ether oxygens (including phenoxy) is 1. The number of nitrogens with zero attached hydrogens (tertiary/aromatic N) is 6. The van der Waals surface area contributed by atoms with Crippen molar-refractivity contribution in [3.8, 4) is 17.1 Å². The summed E-state index contributed by atoms with van der Waals surface area (Å²) in [6.07, 6.45) is 6.22. The minimum Gasteiger partial charge on any atom is -0.494 e. The first kappa shape index (κ1) is 18.3. The van der Waals surface area contributed by atoms with Crippen molar-refractivity contribution in [3.05, 3.63) is 30.6 Å². The van der Waals surface area contributed by atoms with Crippen LogP contribution >= 0.6 is 0 Å². The van der Waals surface area contributed by atoms with Gasteiger partial charge in [-0.25, -0.2) is 9.97 Å². The van der Waals surface area contributed by atoms with Crippen molar-refractivity contribution in [1.82, 2.24) is 34.7 Å². The second kappa shape index (κ2) is 7.29. The predicted octanol–water partition coefficient (Wildman–Crippen LogP) is 1.77. The van der Waals surface area contributed by atoms with Gasteiger partial charge in [-0.15, -0.1) is 5.10 Å². The van der Waals surface area contributed by atoms with E-state index in [0.29, 0.717) is 35.2 Å². The molecule has 1 amide bonds. The number of amides is 1. The highest BCUT2D eigenvalue weighted by Crippen LogP contribution is 2.30. The van der Waals surface area contributed by atoms with Gasteiger partial charge in [-0.2, -0.15) is 9.61 Å². The number of anilines is 1. The number of fused-ring (bicyclic) bond motifs is 3. The van der Waals surface area contributed by atoms with Crippen LogP contribution in [0.3, 0.4) is 0 Å². The first-order valence-corrected chi connectivity index (χ1v) is 9.91. The van der Waals surface area contributed by atoms with Crippen LogP contribution in [0.25, 0.3) is 27.9 Å². The van der Waals surface area contributed by atoms with E-state index in [1.54, 1.807) is 22.5 Å². The molecule has 5 rings (SSSR count). The third kappa shape index (κ3) is 3.10. The fourth-order valence-electron chi connectivity index (χ4n) is 3.76. The van der Waals surface area contributed by atoms with Gasteiger partial charge in [0.25, 0.3) is 0 Å². The van der Waals surface area contributed by atoms with Crippen LogP contribution in [0.5, 0.6) is 5.75 Å². The van der Waals surface area contributed by atoms with E-state index >= 15 is 0 Å². The molecule has 0 bridgehead atoms. The number of aromatic nitrogens is 6. The van der Waals surface area contributed by atoms with Crippen LogP contribution in [0.15, 0.2) is 30.6 Å². The lowest BCUT2D eigenvalue weighted by molar-refractivity contribution is -0.121. The van der Waals surface area contributed by atoms with Crippen molar-refractivity contribution in [2.24, 2.45) is 7.05 Å². The maximum absolute atomic E-state index is 12.5. The molecule has 1 aromatic carbocycles. The number of carbonyl (C=O) groups is 1. The van der Waals surface area contributed by atoms with Crippen molar-refractivity contribution < 1.29 is 9.53 Å². The third-order valence-corrected chi connectivity index (χ3v) is 5.29. The fourth-order valence-corrected chi connectivity index (χ4v) is 3.76. The van der Waals surface area contributed by atoms with Gasteiger partial charge in [0, 0.05) is 25.2 Å². The summed E-state index contributed by atoms with van der Waals surface area (Å²) in [7, 11) is 3.45. The SMILES string of the molecule is COc1cccc2c1nc(N[C@@H]1CCCCNC1=O)n1nc(-c3cnn(C)c3)nc21. The second-order valence-corrected chi connectivity index (χ2v) is 7.35. The summed E-state index contributed by atoms with van der Waals surface area (Å²) in [4.78, 5) is 22.0. The zero-order chi connectivity index (χ0) is 20.7. The number of para-hydroxylation sites is 1. The molecule has 4 aromatic rings. The predicted molar refractivity (Wildman–Crippen MR) is 111 cm³/mol. The summed E-state index contributed by atoms with van der Waals surface area (Å²) in [6.45, 7) is 0.694. The lowest BCUT2D eigenvalue weighted by atomic mass is 10.1. The van der Waals surface area contributed by atoms with Crippen LogP contribution in [0.4, 0.5) is 5.95 Å². The lowest BCUT2D eigenvalue weighted by Crippen LogP contribution is -2.38. The molecule has 0 unspecified atom stereocenters. The zero-order valence-corrected chi connectivity index (χ0v) is 16.8. The minimum atomic E-state index is -0.388. The largest absolute Gasteiger partial charge is 0.494 e. The molecular formula is C20H22N8O2. The van der Waals surface area contributed by atoms with Crippen molar-refractivity contribution in [1.29, 1.82) is 0 Å². The van der Waals surface area contributed by atoms with Gasteiger partial charge in [0.05, 0.1) is 18.9 Å². The number of hydrogen-bond donors (Lipinski definition) is 2. The Kier molecular flexibility index (Phi) is 4.46. The molecule has 30 heavy (non-hydrogen) atoms. The Bertz CT molecular complexity index is 1240. The van der Waals surface area contributed by atoms with Crippen LogP contribution in [0, 0.1) is 0 Å². The van der Waals surface area contributed by atoms with E-state index in [4.69, 9.17) is 14.7 Å². The topological polar surface area (TPSA) is 111 Å². The van der Waals surface area contributed by atoms with Gasteiger partial charge in [-0.3, -0.25) is 9.48 Å². The van der Waals surface area contributed by atoms with Crippen LogP contribution in [-0.2, 0) is 11.8 Å². The molecule has 10 heteroatoms. The molecule has 0 saturated carbocycles. The molecule has 2 N–H and O–H groups in total. The zero-order valence-electron chi connectivity index (χ0n) is 16.8. The lowest BCUT2D eigenvalue weighted by Gasteiger charge is -2.17. The van der Waals surface area contributed by atoms with Crippen molar-refractivity contribution in [3.63, 3.8) is 0 Å². The van der Waals surface area contributed by atoms with Crippen LogP contribution in [0.2, 0.25) is 0 Å². The molecule has 1 atom stereocenters. The molecule has 0 radical (unpaired) electrons. The van der Waals surface area contributed by atoms with Gasteiger partial charge in [0.1, 0.15) is 17.3 Å². The van der Waals surface area contributed by atoms with Gasteiger partial charge in [-0.05, 0) is 31.4 Å². The van der Waals surface area contributed by atoms with Gasteiger partial charge in [-0.1, -0.05) is 6.07 Å². The van der Waals surface area contributed by atoms with Crippen LogP contribution in [-0.4, -0.2) is 55.0 Å². The molecular weight excluding hydrogens is 384 g/mol. The van der Waals surface area contributed by atoms with Crippen molar-refractivity contribution >= 4 is 28.4 Å². The Hall–Kier alpha value is -3.69. The maximum atomic E-state index is 12.5. The molecule has 154 valence electrons. The highest BCUT2D eigenvalue weighted by Gasteiger charge is 2.24. The number of carbonyl (C=O) groups excluding carboxylic acids is 1. The van der Waals surface area contributed by atoms with E-state index in [2.05, 4.69) is 20.8 Å². The number of hydrogen-bond acceptors (Lipinski definition) is 7. The Balaban J connectivity index is 1.70. The minimum absolute atomic E-state index is 0.0322. The van der Waals surface area contributed by atoms with E-state index in [1.807, 2.05) is 31.4 Å². The summed E-state index contributed by atoms with van der Waals surface area (Å²) < 4.78 is 8.88. The first-order chi connectivity index (χ1) is 14.6. The van der Waals surface area contributed by atoms with E-state index in [1.165, 1.54) is 0 Å². The van der Waals surface area contributed by atoms with Crippen LogP contribution in [0.1, 0.15) is 19.3 Å². The van der Waals surface area contributed by atoms with Gasteiger partial charge in [0.2, 0.25) is 11.9 Å². The van der Waals surface area contributed by atoms with Crippen molar-refractivity contribution in [2.45, 2.75) is 25.3 Å². The third-order valence-electron chi connectivity index (χ3n) is 5.29. The molecule has 1 saturated heterocycles. The molecule has 1 fully saturated rings. The summed E-state index contributed by atoms with van der Waals surface area (Å²) in [5, 5.41) is 15.9. The highest BCUT2D eigenvalue weighted by atomic mass is 16.5. The molecule has 0 spiro atoms. The Morgan fingerprint density at radius 2 is 2.17 bits per heavy atom. The molecule has 3 aromatic heterocycles. The molecule has 1 aliphatic heterocycles. The van der Waals surface area contributed by atoms with Crippen molar-refractivity contribution in [2.75, 3.05) is 19.0 Å². The molecule has 10 nitrogen and oxygen atoms in total. The molecule has 0 aliphatic carbocycles.